The van der Waals surface area contributed by atoms with Crippen molar-refractivity contribution >= 4 is 24.3 Å². The Morgan fingerprint density at radius 1 is 0.857 bits per heavy atom. The van der Waals surface area contributed by atoms with Gasteiger partial charge in [0.25, 0.3) is 0 Å². The summed E-state index contributed by atoms with van der Waals surface area (Å²) in [6.07, 6.45) is 15.1. The molecule has 0 saturated heterocycles. The fourth-order valence-corrected chi connectivity index (χ4v) is 21.9. The molecule has 0 amide bonds. The number of hydrogen-bond acceptors (Lipinski definition) is 3. The predicted molar refractivity (Wildman–Crippen MR) is 125 cm³/mol. The molecule has 28 heavy (non-hydrogen) atoms. The van der Waals surface area contributed by atoms with E-state index in [4.69, 9.17) is 9.47 Å². The molecule has 1 unspecified atom stereocenters. The molecule has 0 aliphatic carbocycles. The van der Waals surface area contributed by atoms with Gasteiger partial charge in [-0.3, -0.25) is 0 Å². The number of esters is 1. The van der Waals surface area contributed by atoms with E-state index in [1.807, 2.05) is 7.11 Å². The molecule has 4 heteroatoms. The van der Waals surface area contributed by atoms with E-state index in [2.05, 4.69) is 33.8 Å². The molecule has 0 fully saturated rings. The molecule has 0 radical (unpaired) electrons. The Balaban J connectivity index is 5.91. The molecule has 0 N–H and O–H groups in total. The second-order valence-corrected chi connectivity index (χ2v) is 21.5. The third-order valence-corrected chi connectivity index (χ3v) is 22.1. The van der Waals surface area contributed by atoms with E-state index < -0.39 is 18.4 Å². The van der Waals surface area contributed by atoms with Crippen molar-refractivity contribution in [2.45, 2.75) is 118 Å². The normalized spacial score (nSPS) is 13.6. The molecule has 0 rings (SSSR count). The maximum absolute atomic E-state index is 11.4. The van der Waals surface area contributed by atoms with Crippen molar-refractivity contribution in [1.29, 1.82) is 0 Å². The molecule has 0 aliphatic rings. The van der Waals surface area contributed by atoms with Gasteiger partial charge in [-0.25, -0.2) is 0 Å². The van der Waals surface area contributed by atoms with Crippen LogP contribution in [0.3, 0.4) is 0 Å². The molecule has 0 aromatic carbocycles. The number of carbonyl (C=O) groups excluding carboxylic acids is 1. The Labute approximate surface area is 179 Å². The van der Waals surface area contributed by atoms with E-state index in [9.17, 15) is 4.79 Å². The number of methoxy groups -OCH3 is 1. The van der Waals surface area contributed by atoms with Crippen molar-refractivity contribution in [1.82, 2.24) is 0 Å². The topological polar surface area (TPSA) is 35.5 Å². The zero-order chi connectivity index (χ0) is 21.3. The molecule has 0 heterocycles. The van der Waals surface area contributed by atoms with Crippen molar-refractivity contribution in [2.75, 3.05) is 13.7 Å². The molecular formula is C24H48O3Sn. The number of ether oxygens (including phenoxy) is 2. The van der Waals surface area contributed by atoms with Crippen LogP contribution < -0.4 is 0 Å². The van der Waals surface area contributed by atoms with Gasteiger partial charge in [0.05, 0.1) is 0 Å². The van der Waals surface area contributed by atoms with Gasteiger partial charge in [-0.2, -0.15) is 0 Å². The fraction of sp³-hybridized carbons (Fsp3) is 0.875. The molecule has 166 valence electrons. The minimum atomic E-state index is -2.60. The van der Waals surface area contributed by atoms with E-state index >= 15 is 0 Å². The first-order valence-corrected chi connectivity index (χ1v) is 19.4. The number of unbranched alkanes of at least 4 members (excludes halogenated alkanes) is 5. The SMILES string of the molecule is CCCCCC(OC)/[C](=C\COC(C)=O)[Sn]([CH2]CCC)([CH2]CCC)[CH2]CCC. The average molecular weight is 503 g/mol. The fourth-order valence-electron chi connectivity index (χ4n) is 4.27. The van der Waals surface area contributed by atoms with Crippen LogP contribution in [-0.4, -0.2) is 44.2 Å². The van der Waals surface area contributed by atoms with Crippen molar-refractivity contribution in [3.8, 4) is 0 Å². The minimum absolute atomic E-state index is 0.188. The van der Waals surface area contributed by atoms with Crippen LogP contribution >= 0.6 is 0 Å². The Hall–Kier alpha value is -0.0313. The van der Waals surface area contributed by atoms with Gasteiger partial charge >= 0.3 is 180 Å². The van der Waals surface area contributed by atoms with Gasteiger partial charge in [-0.05, 0) is 0 Å². The van der Waals surface area contributed by atoms with E-state index in [-0.39, 0.29) is 12.1 Å². The summed E-state index contributed by atoms with van der Waals surface area (Å²) in [7, 11) is 1.88. The molecule has 0 aromatic rings. The van der Waals surface area contributed by atoms with Crippen LogP contribution in [-0.2, 0) is 14.3 Å². The van der Waals surface area contributed by atoms with Crippen LogP contribution in [0, 0.1) is 0 Å². The van der Waals surface area contributed by atoms with E-state index in [1.165, 1.54) is 78.0 Å². The first-order valence-electron chi connectivity index (χ1n) is 11.9. The van der Waals surface area contributed by atoms with Gasteiger partial charge in [0.1, 0.15) is 0 Å². The summed E-state index contributed by atoms with van der Waals surface area (Å²) >= 11 is -2.60. The molecule has 0 saturated carbocycles. The molecular weight excluding hydrogens is 455 g/mol. The van der Waals surface area contributed by atoms with Crippen LogP contribution in [0.25, 0.3) is 0 Å². The second kappa shape index (κ2) is 17.8. The molecule has 3 nitrogen and oxygen atoms in total. The predicted octanol–water partition coefficient (Wildman–Crippen LogP) is 7.46. The van der Waals surface area contributed by atoms with Crippen molar-refractivity contribution in [3.63, 3.8) is 0 Å². The summed E-state index contributed by atoms with van der Waals surface area (Å²) in [5.41, 5.74) is 0. The van der Waals surface area contributed by atoms with Gasteiger partial charge in [0, 0.05) is 0 Å². The van der Waals surface area contributed by atoms with Crippen molar-refractivity contribution in [2.24, 2.45) is 0 Å². The third-order valence-electron chi connectivity index (χ3n) is 5.93. The van der Waals surface area contributed by atoms with Gasteiger partial charge in [0.15, 0.2) is 0 Å². The van der Waals surface area contributed by atoms with Gasteiger partial charge in [0.2, 0.25) is 0 Å². The standard InChI is InChI=1S/C12H21O3.3C4H9.Sn/c1-4-5-6-8-12(14-3)9-7-10-15-11(2)13;3*1-3-4-2;/h7,12H,4-6,8,10H2,1-3H3;3*1,3-4H2,2H3;. The molecule has 0 aliphatic heterocycles. The quantitative estimate of drug-likeness (QED) is 0.111. The Kier molecular flexibility index (Phi) is 17.8. The summed E-state index contributed by atoms with van der Waals surface area (Å²) in [5, 5.41) is 0. The summed E-state index contributed by atoms with van der Waals surface area (Å²) < 4.78 is 17.3. The van der Waals surface area contributed by atoms with Crippen LogP contribution in [0.5, 0.6) is 0 Å². The Morgan fingerprint density at radius 3 is 1.75 bits per heavy atom. The van der Waals surface area contributed by atoms with Gasteiger partial charge in [-0.15, -0.1) is 0 Å². The number of carbonyl (C=O) groups is 1. The summed E-state index contributed by atoms with van der Waals surface area (Å²) in [6.45, 7) is 11.1. The molecule has 1 atom stereocenters. The zero-order valence-corrected chi connectivity index (χ0v) is 22.6. The molecule has 0 bridgehead atoms. The number of rotatable bonds is 18. The summed E-state index contributed by atoms with van der Waals surface area (Å²) in [5.74, 6) is -0.188. The first kappa shape index (κ1) is 28.0. The average Bonchev–Trinajstić information content (AvgIpc) is 2.69. The van der Waals surface area contributed by atoms with Gasteiger partial charge < -0.3 is 0 Å². The zero-order valence-electron chi connectivity index (χ0n) is 19.8. The van der Waals surface area contributed by atoms with E-state index in [0.29, 0.717) is 6.61 Å². The van der Waals surface area contributed by atoms with Crippen LogP contribution in [0.2, 0.25) is 13.3 Å². The van der Waals surface area contributed by atoms with Gasteiger partial charge in [-0.1, -0.05) is 0 Å². The summed E-state index contributed by atoms with van der Waals surface area (Å²) in [6, 6.07) is 0. The van der Waals surface area contributed by atoms with Crippen molar-refractivity contribution in [3.05, 3.63) is 9.67 Å². The number of hydrogen-bond donors (Lipinski definition) is 0. The van der Waals surface area contributed by atoms with Crippen LogP contribution in [0.15, 0.2) is 9.67 Å². The second-order valence-electron chi connectivity index (χ2n) is 8.27. The van der Waals surface area contributed by atoms with Crippen LogP contribution in [0.4, 0.5) is 0 Å². The maximum atomic E-state index is 11.4. The van der Waals surface area contributed by atoms with Crippen molar-refractivity contribution < 1.29 is 14.3 Å². The van der Waals surface area contributed by atoms with Crippen LogP contribution in [0.1, 0.15) is 98.8 Å². The molecule has 0 aromatic heterocycles. The monoisotopic (exact) mass is 504 g/mol. The van der Waals surface area contributed by atoms with E-state index in [1.54, 1.807) is 3.59 Å². The first-order chi connectivity index (χ1) is 13.5. The third kappa shape index (κ3) is 11.2. The van der Waals surface area contributed by atoms with E-state index in [0.717, 1.165) is 6.42 Å². The molecule has 0 spiro atoms. The Morgan fingerprint density at radius 2 is 1.36 bits per heavy atom. The Bertz CT molecular complexity index is 398. The summed E-state index contributed by atoms with van der Waals surface area (Å²) in [4.78, 5) is 11.4.